The summed E-state index contributed by atoms with van der Waals surface area (Å²) >= 11 is 0. The van der Waals surface area contributed by atoms with Crippen LogP contribution in [0.2, 0.25) is 0 Å². The van der Waals surface area contributed by atoms with Crippen LogP contribution >= 0.6 is 0 Å². The van der Waals surface area contributed by atoms with Gasteiger partial charge in [-0.2, -0.15) is 0 Å². The normalized spacial score (nSPS) is 12.3. The summed E-state index contributed by atoms with van der Waals surface area (Å²) < 4.78 is 2.46. The van der Waals surface area contributed by atoms with E-state index in [4.69, 9.17) is 0 Å². The van der Waals surface area contributed by atoms with Gasteiger partial charge in [0.1, 0.15) is 0 Å². The average Bonchev–Trinajstić information content (AvgIpc) is 2.58. The van der Waals surface area contributed by atoms with Gasteiger partial charge >= 0.3 is 5.69 Å². The average molecular weight is 317 g/mol. The summed E-state index contributed by atoms with van der Waals surface area (Å²) in [6.07, 6.45) is 2.50. The van der Waals surface area contributed by atoms with Crippen LogP contribution in [0.4, 0.5) is 0 Å². The second-order valence-corrected chi connectivity index (χ2v) is 5.62. The number of aliphatic hydroxyl groups excluding tert-OH is 1. The highest BCUT2D eigenvalue weighted by molar-refractivity contribution is 5.25. The Bertz CT molecular complexity index is 775. The van der Waals surface area contributed by atoms with Crippen LogP contribution in [0.25, 0.3) is 0 Å². The van der Waals surface area contributed by atoms with Crippen molar-refractivity contribution in [3.63, 3.8) is 0 Å². The molecule has 23 heavy (non-hydrogen) atoms. The van der Waals surface area contributed by atoms with E-state index in [-0.39, 0.29) is 30.4 Å². The van der Waals surface area contributed by atoms with Gasteiger partial charge in [-0.1, -0.05) is 31.2 Å². The Morgan fingerprint density at radius 1 is 1.17 bits per heavy atom. The first-order valence-corrected chi connectivity index (χ1v) is 7.66. The fourth-order valence-corrected chi connectivity index (χ4v) is 2.51. The number of hydrogen-bond donors (Lipinski definition) is 2. The molecule has 0 aliphatic rings. The molecule has 0 radical (unpaired) electrons. The topological polar surface area (TPSA) is 76.3 Å². The Hall–Kier alpha value is -2.18. The summed E-state index contributed by atoms with van der Waals surface area (Å²) in [5.74, 6) is 0. The van der Waals surface area contributed by atoms with Crippen LogP contribution in [0.3, 0.4) is 0 Å². The summed E-state index contributed by atoms with van der Waals surface area (Å²) in [5, 5.41) is 12.8. The van der Waals surface area contributed by atoms with Gasteiger partial charge in [0.2, 0.25) is 0 Å². The molecule has 0 saturated carbocycles. The van der Waals surface area contributed by atoms with Gasteiger partial charge in [0.25, 0.3) is 5.56 Å². The van der Waals surface area contributed by atoms with Crippen molar-refractivity contribution in [1.29, 1.82) is 0 Å². The molecule has 1 heterocycles. The molecule has 1 unspecified atom stereocenters. The van der Waals surface area contributed by atoms with Gasteiger partial charge in [-0.15, -0.1) is 0 Å². The number of benzene rings is 1. The minimum atomic E-state index is -0.354. The molecule has 2 N–H and O–H groups in total. The van der Waals surface area contributed by atoms with Gasteiger partial charge in [0.05, 0.1) is 12.6 Å². The maximum atomic E-state index is 12.1. The minimum Gasteiger partial charge on any atom is -0.394 e. The van der Waals surface area contributed by atoms with E-state index in [2.05, 4.69) is 12.2 Å². The van der Waals surface area contributed by atoms with Crippen molar-refractivity contribution < 1.29 is 5.11 Å². The van der Waals surface area contributed by atoms with E-state index in [0.29, 0.717) is 5.56 Å². The van der Waals surface area contributed by atoms with E-state index >= 15 is 0 Å². The SMILES string of the molecule is CCc1ccc(C(CO)NCc2cn(C)c(=O)n(C)c2=O)cc1. The number of nitrogens with zero attached hydrogens (tertiary/aromatic N) is 2. The zero-order chi connectivity index (χ0) is 17.0. The van der Waals surface area contributed by atoms with Gasteiger partial charge < -0.3 is 15.0 Å². The Balaban J connectivity index is 2.17. The molecule has 2 rings (SSSR count). The van der Waals surface area contributed by atoms with Crippen molar-refractivity contribution in [1.82, 2.24) is 14.5 Å². The second kappa shape index (κ2) is 7.39. The number of nitrogens with one attached hydrogen (secondary N) is 1. The molecular formula is C17H23N3O3. The molecule has 6 nitrogen and oxygen atoms in total. The van der Waals surface area contributed by atoms with Gasteiger partial charge in [0.15, 0.2) is 0 Å². The molecular weight excluding hydrogens is 294 g/mol. The largest absolute Gasteiger partial charge is 0.394 e. The number of aliphatic hydroxyl groups is 1. The fraction of sp³-hybridized carbons (Fsp3) is 0.412. The first-order valence-electron chi connectivity index (χ1n) is 7.66. The molecule has 6 heteroatoms. The van der Waals surface area contributed by atoms with Crippen molar-refractivity contribution in [2.75, 3.05) is 6.61 Å². The standard InChI is InChI=1S/C17H23N3O3/c1-4-12-5-7-13(8-6-12)15(11-21)18-9-14-10-19(2)17(23)20(3)16(14)22/h5-8,10,15,18,21H,4,9,11H2,1-3H3. The molecule has 0 aliphatic carbocycles. The molecule has 0 amide bonds. The molecule has 0 spiro atoms. The maximum absolute atomic E-state index is 12.1. The highest BCUT2D eigenvalue weighted by atomic mass is 16.3. The van der Waals surface area contributed by atoms with Crippen LogP contribution in [0.5, 0.6) is 0 Å². The quantitative estimate of drug-likeness (QED) is 0.812. The van der Waals surface area contributed by atoms with Crippen LogP contribution < -0.4 is 16.6 Å². The van der Waals surface area contributed by atoms with Gasteiger partial charge in [-0.25, -0.2) is 4.79 Å². The number of aromatic nitrogens is 2. The van der Waals surface area contributed by atoms with Crippen LogP contribution in [0.1, 0.15) is 29.7 Å². The predicted octanol–water partition coefficient (Wildman–Crippen LogP) is 0.470. The van der Waals surface area contributed by atoms with Crippen molar-refractivity contribution in [3.8, 4) is 0 Å². The van der Waals surface area contributed by atoms with Crippen LogP contribution in [-0.2, 0) is 27.1 Å². The Labute approximate surface area is 135 Å². The number of rotatable bonds is 6. The lowest BCUT2D eigenvalue weighted by atomic mass is 10.0. The van der Waals surface area contributed by atoms with E-state index in [0.717, 1.165) is 16.6 Å². The van der Waals surface area contributed by atoms with Gasteiger partial charge in [-0.05, 0) is 17.5 Å². The minimum absolute atomic E-state index is 0.0719. The lowest BCUT2D eigenvalue weighted by Gasteiger charge is -2.17. The molecule has 0 bridgehead atoms. The third-order valence-electron chi connectivity index (χ3n) is 4.03. The van der Waals surface area contributed by atoms with Gasteiger partial charge in [0, 0.05) is 32.4 Å². The smallest absolute Gasteiger partial charge is 0.330 e. The summed E-state index contributed by atoms with van der Waals surface area (Å²) in [6.45, 7) is 2.30. The van der Waals surface area contributed by atoms with E-state index in [1.165, 1.54) is 23.4 Å². The second-order valence-electron chi connectivity index (χ2n) is 5.62. The lowest BCUT2D eigenvalue weighted by molar-refractivity contribution is 0.243. The van der Waals surface area contributed by atoms with Crippen molar-refractivity contribution in [3.05, 3.63) is 68.0 Å². The Kier molecular flexibility index (Phi) is 5.52. The van der Waals surface area contributed by atoms with E-state index < -0.39 is 0 Å². The molecule has 2 aromatic rings. The van der Waals surface area contributed by atoms with E-state index in [1.807, 2.05) is 24.3 Å². The summed E-state index contributed by atoms with van der Waals surface area (Å²) in [7, 11) is 3.07. The monoisotopic (exact) mass is 317 g/mol. The first kappa shape index (κ1) is 17.2. The number of aryl methyl sites for hydroxylation is 2. The zero-order valence-electron chi connectivity index (χ0n) is 13.7. The maximum Gasteiger partial charge on any atom is 0.330 e. The molecule has 1 atom stereocenters. The molecule has 124 valence electrons. The zero-order valence-corrected chi connectivity index (χ0v) is 13.7. The van der Waals surface area contributed by atoms with Crippen LogP contribution in [-0.4, -0.2) is 20.8 Å². The van der Waals surface area contributed by atoms with Crippen LogP contribution in [0, 0.1) is 0 Å². The third-order valence-corrected chi connectivity index (χ3v) is 4.03. The summed E-state index contributed by atoms with van der Waals surface area (Å²) in [5.41, 5.74) is 2.01. The third kappa shape index (κ3) is 3.78. The lowest BCUT2D eigenvalue weighted by Crippen LogP contribution is -2.40. The molecule has 1 aromatic heterocycles. The molecule has 0 aliphatic heterocycles. The molecule has 0 fully saturated rings. The fourth-order valence-electron chi connectivity index (χ4n) is 2.51. The first-order chi connectivity index (χ1) is 11.0. The summed E-state index contributed by atoms with van der Waals surface area (Å²) in [4.78, 5) is 23.8. The van der Waals surface area contributed by atoms with Crippen molar-refractivity contribution >= 4 is 0 Å². The Morgan fingerprint density at radius 3 is 2.39 bits per heavy atom. The molecule has 0 saturated heterocycles. The van der Waals surface area contributed by atoms with Crippen molar-refractivity contribution in [2.45, 2.75) is 25.9 Å². The van der Waals surface area contributed by atoms with E-state index in [9.17, 15) is 14.7 Å². The highest BCUT2D eigenvalue weighted by Gasteiger charge is 2.12. The summed E-state index contributed by atoms with van der Waals surface area (Å²) in [6, 6.07) is 7.76. The highest BCUT2D eigenvalue weighted by Crippen LogP contribution is 2.14. The van der Waals surface area contributed by atoms with E-state index in [1.54, 1.807) is 7.05 Å². The Morgan fingerprint density at radius 2 is 1.83 bits per heavy atom. The van der Waals surface area contributed by atoms with Gasteiger partial charge in [-0.3, -0.25) is 9.36 Å². The molecule has 1 aromatic carbocycles. The number of hydrogen-bond acceptors (Lipinski definition) is 4. The van der Waals surface area contributed by atoms with Crippen LogP contribution in [0.15, 0.2) is 40.1 Å². The predicted molar refractivity (Wildman–Crippen MR) is 89.4 cm³/mol. The van der Waals surface area contributed by atoms with Crippen molar-refractivity contribution in [2.24, 2.45) is 14.1 Å².